The molecule has 0 unspecified atom stereocenters. The Hall–Kier alpha value is -2.14. The van der Waals surface area contributed by atoms with Crippen LogP contribution in [0.25, 0.3) is 5.52 Å². The number of hydrogen-bond acceptors (Lipinski definition) is 2. The van der Waals surface area contributed by atoms with Crippen molar-refractivity contribution in [1.29, 1.82) is 0 Å². The van der Waals surface area contributed by atoms with Crippen molar-refractivity contribution in [1.82, 2.24) is 9.61 Å². The Morgan fingerprint density at radius 3 is 2.67 bits per heavy atom. The molecule has 1 aromatic carbocycles. The second kappa shape index (κ2) is 5.33. The topological polar surface area (TPSA) is 37.6 Å². The minimum absolute atomic E-state index is 0.0468. The Morgan fingerprint density at radius 1 is 1.24 bits per heavy atom. The quantitative estimate of drug-likeness (QED) is 0.711. The zero-order chi connectivity index (χ0) is 15.0. The van der Waals surface area contributed by atoms with Gasteiger partial charge in [-0.15, -0.1) is 0 Å². The van der Waals surface area contributed by atoms with Crippen molar-refractivity contribution in [2.75, 3.05) is 11.9 Å². The van der Waals surface area contributed by atoms with Crippen molar-refractivity contribution in [3.8, 4) is 0 Å². The van der Waals surface area contributed by atoms with E-state index < -0.39 is 0 Å². The number of nitrogens with zero attached hydrogens (tertiary/aromatic N) is 3. The van der Waals surface area contributed by atoms with Crippen molar-refractivity contribution < 1.29 is 4.79 Å². The molecule has 5 heteroatoms. The first-order chi connectivity index (χ1) is 10.1. The van der Waals surface area contributed by atoms with Crippen LogP contribution in [-0.2, 0) is 0 Å². The maximum atomic E-state index is 12.6. The van der Waals surface area contributed by atoms with Gasteiger partial charge in [0, 0.05) is 24.5 Å². The third-order valence-corrected chi connectivity index (χ3v) is 4.06. The number of halogens is 1. The highest BCUT2D eigenvalue weighted by atomic mass is 79.9. The van der Waals surface area contributed by atoms with Gasteiger partial charge in [-0.05, 0) is 47.1 Å². The summed E-state index contributed by atoms with van der Waals surface area (Å²) in [5, 5.41) is 4.18. The molecule has 0 N–H and O–H groups in total. The van der Waals surface area contributed by atoms with E-state index in [1.165, 1.54) is 5.56 Å². The van der Waals surface area contributed by atoms with Crippen LogP contribution in [0.3, 0.4) is 0 Å². The van der Waals surface area contributed by atoms with Crippen LogP contribution in [0.1, 0.15) is 15.9 Å². The van der Waals surface area contributed by atoms with Gasteiger partial charge in [-0.2, -0.15) is 5.10 Å². The summed E-state index contributed by atoms with van der Waals surface area (Å²) in [5.74, 6) is -0.0468. The van der Waals surface area contributed by atoms with Gasteiger partial charge in [0.05, 0.1) is 16.2 Å². The third-order valence-electron chi connectivity index (χ3n) is 3.45. The van der Waals surface area contributed by atoms with Crippen LogP contribution in [0.4, 0.5) is 5.69 Å². The molecule has 0 aliphatic carbocycles. The fourth-order valence-electron chi connectivity index (χ4n) is 2.16. The molecule has 0 fully saturated rings. The average molecular weight is 344 g/mol. The van der Waals surface area contributed by atoms with Crippen LogP contribution in [-0.4, -0.2) is 22.6 Å². The van der Waals surface area contributed by atoms with Crippen molar-refractivity contribution >= 4 is 33.0 Å². The lowest BCUT2D eigenvalue weighted by Gasteiger charge is -2.17. The summed E-state index contributed by atoms with van der Waals surface area (Å²) in [7, 11) is 1.78. The monoisotopic (exact) mass is 343 g/mol. The number of carbonyl (C=O) groups is 1. The van der Waals surface area contributed by atoms with Gasteiger partial charge >= 0.3 is 0 Å². The minimum Gasteiger partial charge on any atom is -0.311 e. The average Bonchev–Trinajstić information content (AvgIpc) is 2.87. The Bertz CT molecular complexity index is 808. The fraction of sp³-hybridized carbons (Fsp3) is 0.125. The van der Waals surface area contributed by atoms with Gasteiger partial charge in [0.1, 0.15) is 0 Å². The second-order valence-electron chi connectivity index (χ2n) is 4.94. The van der Waals surface area contributed by atoms with Crippen LogP contribution < -0.4 is 4.90 Å². The van der Waals surface area contributed by atoms with Crippen molar-refractivity contribution in [2.45, 2.75) is 6.92 Å². The van der Waals surface area contributed by atoms with Gasteiger partial charge in [-0.3, -0.25) is 4.79 Å². The number of pyridine rings is 1. The molecule has 0 aliphatic rings. The summed E-state index contributed by atoms with van der Waals surface area (Å²) in [4.78, 5) is 14.2. The highest BCUT2D eigenvalue weighted by Gasteiger charge is 2.14. The molecular weight excluding hydrogens is 330 g/mol. The molecular formula is C16H14BrN3O. The largest absolute Gasteiger partial charge is 0.311 e. The molecule has 2 heterocycles. The summed E-state index contributed by atoms with van der Waals surface area (Å²) < 4.78 is 2.60. The molecule has 0 atom stereocenters. The van der Waals surface area contributed by atoms with E-state index >= 15 is 0 Å². The SMILES string of the molecule is Cc1ccc(N(C)C(=O)c2ccn3ncc(Br)c3c2)cc1. The van der Waals surface area contributed by atoms with Crippen LogP contribution in [0.15, 0.2) is 53.3 Å². The third kappa shape index (κ3) is 2.56. The first-order valence-corrected chi connectivity index (χ1v) is 7.33. The van der Waals surface area contributed by atoms with Crippen LogP contribution in [0.5, 0.6) is 0 Å². The van der Waals surface area contributed by atoms with E-state index in [4.69, 9.17) is 0 Å². The first-order valence-electron chi connectivity index (χ1n) is 6.54. The lowest BCUT2D eigenvalue weighted by molar-refractivity contribution is 0.0993. The van der Waals surface area contributed by atoms with Crippen molar-refractivity contribution in [3.63, 3.8) is 0 Å². The van der Waals surface area contributed by atoms with E-state index in [0.717, 1.165) is 15.7 Å². The molecule has 0 saturated carbocycles. The van der Waals surface area contributed by atoms with Gasteiger partial charge in [-0.1, -0.05) is 17.7 Å². The zero-order valence-electron chi connectivity index (χ0n) is 11.7. The number of rotatable bonds is 2. The summed E-state index contributed by atoms with van der Waals surface area (Å²) in [6.07, 6.45) is 3.50. The summed E-state index contributed by atoms with van der Waals surface area (Å²) in [5.41, 5.74) is 3.55. The lowest BCUT2D eigenvalue weighted by atomic mass is 10.2. The summed E-state index contributed by atoms with van der Waals surface area (Å²) >= 11 is 3.43. The Morgan fingerprint density at radius 2 is 1.95 bits per heavy atom. The predicted molar refractivity (Wildman–Crippen MR) is 86.8 cm³/mol. The van der Waals surface area contributed by atoms with Crippen molar-refractivity contribution in [2.24, 2.45) is 0 Å². The number of hydrogen-bond donors (Lipinski definition) is 0. The highest BCUT2D eigenvalue weighted by Crippen LogP contribution is 2.21. The fourth-order valence-corrected chi connectivity index (χ4v) is 2.55. The van der Waals surface area contributed by atoms with E-state index in [9.17, 15) is 4.79 Å². The Labute approximate surface area is 131 Å². The zero-order valence-corrected chi connectivity index (χ0v) is 13.3. The molecule has 4 nitrogen and oxygen atoms in total. The lowest BCUT2D eigenvalue weighted by Crippen LogP contribution is -2.26. The maximum Gasteiger partial charge on any atom is 0.258 e. The minimum atomic E-state index is -0.0468. The van der Waals surface area contributed by atoms with Gasteiger partial charge in [0.2, 0.25) is 0 Å². The number of carbonyl (C=O) groups excluding carboxylic acids is 1. The van der Waals surface area contributed by atoms with E-state index in [0.29, 0.717) is 5.56 Å². The van der Waals surface area contributed by atoms with Gasteiger partial charge in [0.25, 0.3) is 5.91 Å². The van der Waals surface area contributed by atoms with E-state index in [2.05, 4.69) is 21.0 Å². The Kier molecular flexibility index (Phi) is 3.51. The van der Waals surface area contributed by atoms with Crippen LogP contribution in [0.2, 0.25) is 0 Å². The number of benzene rings is 1. The molecule has 0 radical (unpaired) electrons. The van der Waals surface area contributed by atoms with Crippen LogP contribution in [0, 0.1) is 6.92 Å². The van der Waals surface area contributed by atoms with Gasteiger partial charge in [0.15, 0.2) is 0 Å². The summed E-state index contributed by atoms with van der Waals surface area (Å²) in [6.45, 7) is 2.02. The number of anilines is 1. The number of amides is 1. The molecule has 0 bridgehead atoms. The number of fused-ring (bicyclic) bond motifs is 1. The first kappa shape index (κ1) is 13.8. The van der Waals surface area contributed by atoms with E-state index in [-0.39, 0.29) is 5.91 Å². The normalized spacial score (nSPS) is 10.8. The van der Waals surface area contributed by atoms with Crippen LogP contribution >= 0.6 is 15.9 Å². The molecule has 106 valence electrons. The van der Waals surface area contributed by atoms with Gasteiger partial charge in [-0.25, -0.2) is 4.52 Å². The van der Waals surface area contributed by atoms with Gasteiger partial charge < -0.3 is 4.90 Å². The number of aromatic nitrogens is 2. The standard InChI is InChI=1S/C16H14BrN3O/c1-11-3-5-13(6-4-11)19(2)16(21)12-7-8-20-15(9-12)14(17)10-18-20/h3-10H,1-2H3. The predicted octanol–water partition coefficient (Wildman–Crippen LogP) is 3.68. The smallest absolute Gasteiger partial charge is 0.258 e. The second-order valence-corrected chi connectivity index (χ2v) is 5.79. The molecule has 1 amide bonds. The molecule has 2 aromatic heterocycles. The van der Waals surface area contributed by atoms with Crippen molar-refractivity contribution in [3.05, 3.63) is 64.4 Å². The molecule has 21 heavy (non-hydrogen) atoms. The van der Waals surface area contributed by atoms with E-state index in [1.54, 1.807) is 34.9 Å². The Balaban J connectivity index is 1.95. The maximum absolute atomic E-state index is 12.6. The molecule has 0 spiro atoms. The molecule has 3 aromatic rings. The number of aryl methyl sites for hydroxylation is 1. The molecule has 0 saturated heterocycles. The summed E-state index contributed by atoms with van der Waals surface area (Å²) in [6, 6.07) is 11.5. The highest BCUT2D eigenvalue weighted by molar-refractivity contribution is 9.10. The van der Waals surface area contributed by atoms with E-state index in [1.807, 2.05) is 37.3 Å². The molecule has 0 aliphatic heterocycles. The molecule has 3 rings (SSSR count).